The Morgan fingerprint density at radius 3 is 1.53 bits per heavy atom. The van der Waals surface area contributed by atoms with Gasteiger partial charge in [-0.15, -0.1) is 0 Å². The molecule has 1 N–H and O–H groups in total. The predicted molar refractivity (Wildman–Crippen MR) is 224 cm³/mol. The average molecular weight is 752 g/mol. The largest absolute Gasteiger partial charge is 0.462 e. The van der Waals surface area contributed by atoms with E-state index in [1.165, 1.54) is 109 Å². The molecule has 0 saturated heterocycles. The van der Waals surface area contributed by atoms with Crippen molar-refractivity contribution < 1.29 is 28.9 Å². The van der Waals surface area contributed by atoms with Crippen molar-refractivity contribution in [2.24, 2.45) is 0 Å². The molecule has 0 aromatic rings. The fourth-order valence-corrected chi connectivity index (χ4v) is 6.82. The summed E-state index contributed by atoms with van der Waals surface area (Å²) in [7, 11) is 0. The molecule has 0 fully saturated rings. The summed E-state index contributed by atoms with van der Waals surface area (Å²) < 4.78 is 17.0. The van der Waals surface area contributed by atoms with Gasteiger partial charge in [0.2, 0.25) is 0 Å². The highest BCUT2D eigenvalue weighted by atomic mass is 16.5. The van der Waals surface area contributed by atoms with Crippen LogP contribution in [0.2, 0.25) is 0 Å². The first-order valence-corrected chi connectivity index (χ1v) is 23.0. The van der Waals surface area contributed by atoms with Crippen LogP contribution in [0.5, 0.6) is 0 Å². The van der Waals surface area contributed by atoms with Gasteiger partial charge in [-0.25, -0.2) is 0 Å². The third-order valence-corrected chi connectivity index (χ3v) is 10.3. The molecule has 0 spiro atoms. The molecular formula is C46H89NO6. The van der Waals surface area contributed by atoms with Crippen molar-refractivity contribution in [1.82, 2.24) is 4.90 Å². The molecule has 0 amide bonds. The second-order valence-corrected chi connectivity index (χ2v) is 15.5. The van der Waals surface area contributed by atoms with Crippen LogP contribution in [0.3, 0.4) is 0 Å². The summed E-state index contributed by atoms with van der Waals surface area (Å²) in [6.45, 7) is 11.7. The van der Waals surface area contributed by atoms with Gasteiger partial charge in [-0.1, -0.05) is 142 Å². The van der Waals surface area contributed by atoms with Gasteiger partial charge in [0.05, 0.1) is 6.61 Å². The van der Waals surface area contributed by atoms with Crippen molar-refractivity contribution in [3.8, 4) is 0 Å². The molecule has 0 aliphatic rings. The molecule has 0 saturated carbocycles. The number of nitrogens with zero attached hydrogens (tertiary/aromatic N) is 1. The smallest absolute Gasteiger partial charge is 0.306 e. The van der Waals surface area contributed by atoms with Crippen LogP contribution >= 0.6 is 0 Å². The van der Waals surface area contributed by atoms with Gasteiger partial charge in [0, 0.05) is 26.1 Å². The van der Waals surface area contributed by atoms with Crippen LogP contribution in [0, 0.1) is 0 Å². The van der Waals surface area contributed by atoms with Gasteiger partial charge in [-0.05, 0) is 96.3 Å². The highest BCUT2D eigenvalue weighted by Crippen LogP contribution is 2.18. The zero-order valence-electron chi connectivity index (χ0n) is 35.5. The van der Waals surface area contributed by atoms with Gasteiger partial charge >= 0.3 is 11.9 Å². The molecule has 0 aliphatic carbocycles. The molecule has 314 valence electrons. The van der Waals surface area contributed by atoms with Gasteiger partial charge in [0.1, 0.15) is 12.7 Å². The van der Waals surface area contributed by atoms with Gasteiger partial charge in [0.15, 0.2) is 0 Å². The highest BCUT2D eigenvalue weighted by molar-refractivity contribution is 5.69. The second kappa shape index (κ2) is 43.3. The zero-order valence-corrected chi connectivity index (χ0v) is 35.5. The SMILES string of the molecule is CCCCCCCCOCC=CCOC(=O)CCCCN(CCCCO)CCCCCCCC(=O)OC(CCCCCCCC)CCCCCCCC. The molecule has 0 aromatic carbocycles. The fourth-order valence-electron chi connectivity index (χ4n) is 6.82. The molecule has 7 heteroatoms. The minimum Gasteiger partial charge on any atom is -0.462 e. The van der Waals surface area contributed by atoms with E-state index in [9.17, 15) is 14.7 Å². The number of aliphatic hydroxyl groups is 1. The van der Waals surface area contributed by atoms with Crippen molar-refractivity contribution >= 4 is 11.9 Å². The number of esters is 2. The molecule has 0 bridgehead atoms. The Kier molecular flexibility index (Phi) is 42.1. The van der Waals surface area contributed by atoms with E-state index in [1.807, 2.05) is 12.2 Å². The maximum absolute atomic E-state index is 12.7. The lowest BCUT2D eigenvalue weighted by atomic mass is 10.0. The Hall–Kier alpha value is -1.44. The predicted octanol–water partition coefficient (Wildman–Crippen LogP) is 12.5. The second-order valence-electron chi connectivity index (χ2n) is 15.5. The molecule has 0 atom stereocenters. The van der Waals surface area contributed by atoms with Crippen LogP contribution < -0.4 is 0 Å². The lowest BCUT2D eigenvalue weighted by molar-refractivity contribution is -0.150. The van der Waals surface area contributed by atoms with Crippen molar-refractivity contribution in [3.63, 3.8) is 0 Å². The summed E-state index contributed by atoms with van der Waals surface area (Å²) >= 11 is 0. The Morgan fingerprint density at radius 1 is 0.509 bits per heavy atom. The third-order valence-electron chi connectivity index (χ3n) is 10.3. The summed E-state index contributed by atoms with van der Waals surface area (Å²) in [4.78, 5) is 27.4. The maximum atomic E-state index is 12.7. The minimum absolute atomic E-state index is 0.00561. The van der Waals surface area contributed by atoms with Crippen molar-refractivity contribution in [2.45, 2.75) is 226 Å². The van der Waals surface area contributed by atoms with Crippen LogP contribution in [-0.2, 0) is 23.8 Å². The number of hydrogen-bond acceptors (Lipinski definition) is 7. The van der Waals surface area contributed by atoms with Gasteiger partial charge in [0.25, 0.3) is 0 Å². The number of ether oxygens (including phenoxy) is 3. The van der Waals surface area contributed by atoms with Crippen molar-refractivity contribution in [3.05, 3.63) is 12.2 Å². The number of aliphatic hydroxyl groups excluding tert-OH is 1. The van der Waals surface area contributed by atoms with Crippen LogP contribution in [-0.4, -0.2) is 74.1 Å². The maximum Gasteiger partial charge on any atom is 0.306 e. The summed E-state index contributed by atoms with van der Waals surface area (Å²) in [6.07, 6.45) is 38.9. The molecule has 0 heterocycles. The lowest BCUT2D eigenvalue weighted by Gasteiger charge is -2.22. The summed E-state index contributed by atoms with van der Waals surface area (Å²) in [5.41, 5.74) is 0. The Labute approximate surface area is 329 Å². The molecule has 0 radical (unpaired) electrons. The Morgan fingerprint density at radius 2 is 0.943 bits per heavy atom. The third kappa shape index (κ3) is 40.1. The monoisotopic (exact) mass is 752 g/mol. The first kappa shape index (κ1) is 51.6. The summed E-state index contributed by atoms with van der Waals surface area (Å²) in [5.74, 6) is -0.129. The standard InChI is InChI=1S/C46H89NO6/c1-4-7-10-13-17-22-33-44(34-23-18-14-11-8-5-2)53-46(50)36-24-19-16-20-26-37-47(39-28-29-40-48)38-27-25-35-45(49)52-43-32-31-42-51-41-30-21-15-12-9-6-3/h31-32,44,48H,4-30,33-43H2,1-3H3. The topological polar surface area (TPSA) is 85.3 Å². The average Bonchev–Trinajstić information content (AvgIpc) is 3.15. The number of carbonyl (C=O) groups is 2. The normalized spacial score (nSPS) is 11.7. The fraction of sp³-hybridized carbons (Fsp3) is 0.913. The Balaban J connectivity index is 4.15. The molecular weight excluding hydrogens is 663 g/mol. The van der Waals surface area contributed by atoms with Gasteiger partial charge in [-0.3, -0.25) is 9.59 Å². The molecule has 53 heavy (non-hydrogen) atoms. The van der Waals surface area contributed by atoms with Crippen LogP contribution in [0.25, 0.3) is 0 Å². The minimum atomic E-state index is -0.135. The van der Waals surface area contributed by atoms with Gasteiger partial charge in [-0.2, -0.15) is 0 Å². The number of hydrogen-bond donors (Lipinski definition) is 1. The number of rotatable bonds is 43. The van der Waals surface area contributed by atoms with E-state index < -0.39 is 0 Å². The first-order valence-electron chi connectivity index (χ1n) is 23.0. The van der Waals surface area contributed by atoms with Crippen LogP contribution in [0.4, 0.5) is 0 Å². The highest BCUT2D eigenvalue weighted by Gasteiger charge is 2.14. The lowest BCUT2D eigenvalue weighted by Crippen LogP contribution is -2.27. The summed E-state index contributed by atoms with van der Waals surface area (Å²) in [5, 5.41) is 9.26. The molecule has 0 aliphatic heterocycles. The number of unbranched alkanes of at least 4 members (excludes halogenated alkanes) is 21. The molecule has 0 unspecified atom stereocenters. The van der Waals surface area contributed by atoms with Gasteiger partial charge < -0.3 is 24.2 Å². The molecule has 0 rings (SSSR count). The molecule has 0 aromatic heterocycles. The first-order chi connectivity index (χ1) is 26.1. The quantitative estimate of drug-likeness (QED) is 0.0377. The van der Waals surface area contributed by atoms with Crippen LogP contribution in [0.15, 0.2) is 12.2 Å². The van der Waals surface area contributed by atoms with E-state index in [2.05, 4.69) is 25.7 Å². The van der Waals surface area contributed by atoms with Crippen molar-refractivity contribution in [1.29, 1.82) is 0 Å². The summed E-state index contributed by atoms with van der Waals surface area (Å²) in [6, 6.07) is 0. The van der Waals surface area contributed by atoms with E-state index >= 15 is 0 Å². The van der Waals surface area contributed by atoms with E-state index in [0.29, 0.717) is 26.1 Å². The number of carbonyl (C=O) groups excluding carboxylic acids is 2. The Bertz CT molecular complexity index is 774. The van der Waals surface area contributed by atoms with E-state index in [1.54, 1.807) is 0 Å². The van der Waals surface area contributed by atoms with Crippen molar-refractivity contribution in [2.75, 3.05) is 46.1 Å². The van der Waals surface area contributed by atoms with Crippen LogP contribution in [0.1, 0.15) is 220 Å². The van der Waals surface area contributed by atoms with E-state index in [0.717, 1.165) is 103 Å². The van der Waals surface area contributed by atoms with E-state index in [4.69, 9.17) is 14.2 Å². The van der Waals surface area contributed by atoms with E-state index in [-0.39, 0.29) is 24.6 Å². The zero-order chi connectivity index (χ0) is 38.7. The molecule has 7 nitrogen and oxygen atoms in total.